The Kier molecular flexibility index (Phi) is 4.68. The molecule has 3 rings (SSSR count). The fraction of sp³-hybridized carbons (Fsp3) is 1.00. The van der Waals surface area contributed by atoms with Crippen LogP contribution in [0.15, 0.2) is 0 Å². The van der Waals surface area contributed by atoms with Gasteiger partial charge in [0, 0.05) is 50.3 Å². The highest BCUT2D eigenvalue weighted by molar-refractivity contribution is 4.97. The van der Waals surface area contributed by atoms with Crippen molar-refractivity contribution in [3.8, 4) is 0 Å². The number of rotatable bonds is 5. The Morgan fingerprint density at radius 1 is 1.10 bits per heavy atom. The van der Waals surface area contributed by atoms with Gasteiger partial charge in [-0.3, -0.25) is 9.80 Å². The first-order chi connectivity index (χ1) is 9.67. The van der Waals surface area contributed by atoms with Crippen molar-refractivity contribution >= 4 is 0 Å². The van der Waals surface area contributed by atoms with Gasteiger partial charge in [0.25, 0.3) is 0 Å². The van der Waals surface area contributed by atoms with Gasteiger partial charge in [0.2, 0.25) is 0 Å². The highest BCUT2D eigenvalue weighted by Gasteiger charge is 2.39. The molecular weight excluding hydrogens is 246 g/mol. The van der Waals surface area contributed by atoms with Crippen LogP contribution in [0.2, 0.25) is 0 Å². The van der Waals surface area contributed by atoms with Gasteiger partial charge in [0.05, 0.1) is 0 Å². The van der Waals surface area contributed by atoms with Crippen molar-refractivity contribution in [3.05, 3.63) is 0 Å². The molecular formula is C17H33N3. The van der Waals surface area contributed by atoms with Gasteiger partial charge in [-0.25, -0.2) is 0 Å². The average molecular weight is 279 g/mol. The topological polar surface area (TPSA) is 18.5 Å². The van der Waals surface area contributed by atoms with Crippen LogP contribution in [0.1, 0.15) is 52.9 Å². The summed E-state index contributed by atoms with van der Waals surface area (Å²) < 4.78 is 0. The standard InChI is InChI=1S/C17H33N3/c1-4-15-10-18-14(9-13(2)3)11-20(15)17-7-8-19(12-17)16-5-6-16/h13-18H,4-12H2,1-3H3. The number of likely N-dealkylation sites (tertiary alicyclic amines) is 1. The molecule has 20 heavy (non-hydrogen) atoms. The molecule has 0 radical (unpaired) electrons. The molecule has 2 saturated heterocycles. The second-order valence-corrected chi connectivity index (χ2v) is 7.66. The molecule has 3 atom stereocenters. The first-order valence-corrected chi connectivity index (χ1v) is 8.90. The van der Waals surface area contributed by atoms with E-state index in [2.05, 4.69) is 35.9 Å². The van der Waals surface area contributed by atoms with E-state index in [1.54, 1.807) is 0 Å². The monoisotopic (exact) mass is 279 g/mol. The van der Waals surface area contributed by atoms with Gasteiger partial charge in [-0.15, -0.1) is 0 Å². The Hall–Kier alpha value is -0.120. The molecule has 1 saturated carbocycles. The molecule has 3 aliphatic rings. The summed E-state index contributed by atoms with van der Waals surface area (Å²) in [4.78, 5) is 5.63. The Morgan fingerprint density at radius 2 is 1.90 bits per heavy atom. The second-order valence-electron chi connectivity index (χ2n) is 7.66. The van der Waals surface area contributed by atoms with Crippen molar-refractivity contribution in [2.24, 2.45) is 5.92 Å². The van der Waals surface area contributed by atoms with E-state index < -0.39 is 0 Å². The molecule has 3 nitrogen and oxygen atoms in total. The fourth-order valence-electron chi connectivity index (χ4n) is 4.25. The van der Waals surface area contributed by atoms with Crippen LogP contribution < -0.4 is 5.32 Å². The van der Waals surface area contributed by atoms with E-state index in [-0.39, 0.29) is 0 Å². The zero-order chi connectivity index (χ0) is 14.1. The van der Waals surface area contributed by atoms with Gasteiger partial charge in [-0.05, 0) is 38.0 Å². The molecule has 0 amide bonds. The Bertz CT molecular complexity index is 313. The molecule has 116 valence electrons. The highest BCUT2D eigenvalue weighted by Crippen LogP contribution is 2.32. The van der Waals surface area contributed by atoms with Crippen molar-refractivity contribution in [3.63, 3.8) is 0 Å². The lowest BCUT2D eigenvalue weighted by Crippen LogP contribution is -2.60. The summed E-state index contributed by atoms with van der Waals surface area (Å²) in [6.07, 6.45) is 6.94. The molecule has 1 N–H and O–H groups in total. The van der Waals surface area contributed by atoms with Crippen LogP contribution in [0, 0.1) is 5.92 Å². The number of nitrogens with zero attached hydrogens (tertiary/aromatic N) is 2. The first kappa shape index (κ1) is 14.8. The van der Waals surface area contributed by atoms with Crippen molar-refractivity contribution in [1.29, 1.82) is 0 Å². The minimum absolute atomic E-state index is 0.716. The summed E-state index contributed by atoms with van der Waals surface area (Å²) in [6, 6.07) is 3.27. The molecule has 3 fully saturated rings. The third-order valence-corrected chi connectivity index (χ3v) is 5.50. The van der Waals surface area contributed by atoms with E-state index in [0.29, 0.717) is 6.04 Å². The quantitative estimate of drug-likeness (QED) is 0.833. The number of piperazine rings is 1. The zero-order valence-corrected chi connectivity index (χ0v) is 13.6. The molecule has 3 heteroatoms. The molecule has 0 aromatic heterocycles. The molecule has 0 aromatic carbocycles. The molecule has 0 spiro atoms. The highest BCUT2D eigenvalue weighted by atomic mass is 15.3. The average Bonchev–Trinajstić information content (AvgIpc) is 3.16. The molecule has 1 aliphatic carbocycles. The van der Waals surface area contributed by atoms with Crippen LogP contribution in [0.3, 0.4) is 0 Å². The van der Waals surface area contributed by atoms with E-state index in [1.165, 1.54) is 58.3 Å². The third-order valence-electron chi connectivity index (χ3n) is 5.50. The first-order valence-electron chi connectivity index (χ1n) is 8.90. The van der Waals surface area contributed by atoms with Gasteiger partial charge >= 0.3 is 0 Å². The Morgan fingerprint density at radius 3 is 2.55 bits per heavy atom. The van der Waals surface area contributed by atoms with Crippen molar-refractivity contribution < 1.29 is 0 Å². The lowest BCUT2D eigenvalue weighted by atomic mass is 9.97. The maximum Gasteiger partial charge on any atom is 0.0239 e. The minimum Gasteiger partial charge on any atom is -0.311 e. The fourth-order valence-corrected chi connectivity index (χ4v) is 4.25. The summed E-state index contributed by atoms with van der Waals surface area (Å²) in [5.74, 6) is 0.805. The number of hydrogen-bond donors (Lipinski definition) is 1. The van der Waals surface area contributed by atoms with E-state index in [4.69, 9.17) is 0 Å². The lowest BCUT2D eigenvalue weighted by molar-refractivity contribution is 0.0753. The predicted octanol–water partition coefficient (Wildman–Crippen LogP) is 2.32. The maximum absolute atomic E-state index is 3.80. The predicted molar refractivity (Wildman–Crippen MR) is 85.0 cm³/mol. The third kappa shape index (κ3) is 3.37. The minimum atomic E-state index is 0.716. The molecule has 0 bridgehead atoms. The smallest absolute Gasteiger partial charge is 0.0239 e. The largest absolute Gasteiger partial charge is 0.311 e. The molecule has 2 heterocycles. The summed E-state index contributed by atoms with van der Waals surface area (Å²) in [6.45, 7) is 12.2. The van der Waals surface area contributed by atoms with Gasteiger partial charge in [-0.2, -0.15) is 0 Å². The SMILES string of the molecule is CCC1CNC(CC(C)C)CN1C1CCN(C2CC2)C1. The summed E-state index contributed by atoms with van der Waals surface area (Å²) in [5, 5.41) is 3.80. The van der Waals surface area contributed by atoms with Crippen LogP contribution >= 0.6 is 0 Å². The van der Waals surface area contributed by atoms with Gasteiger partial charge in [0.15, 0.2) is 0 Å². The summed E-state index contributed by atoms with van der Waals surface area (Å²) >= 11 is 0. The number of hydrogen-bond acceptors (Lipinski definition) is 3. The van der Waals surface area contributed by atoms with Crippen molar-refractivity contribution in [1.82, 2.24) is 15.1 Å². The lowest BCUT2D eigenvalue weighted by Gasteiger charge is -2.44. The Labute approximate surface area is 125 Å². The van der Waals surface area contributed by atoms with Crippen LogP contribution in [-0.4, -0.2) is 60.1 Å². The van der Waals surface area contributed by atoms with Crippen LogP contribution in [0.4, 0.5) is 0 Å². The van der Waals surface area contributed by atoms with E-state index >= 15 is 0 Å². The van der Waals surface area contributed by atoms with Crippen LogP contribution in [0.25, 0.3) is 0 Å². The summed E-state index contributed by atoms with van der Waals surface area (Å²) in [7, 11) is 0. The van der Waals surface area contributed by atoms with Crippen molar-refractivity contribution in [2.75, 3.05) is 26.2 Å². The van der Waals surface area contributed by atoms with E-state index in [1.807, 2.05) is 0 Å². The van der Waals surface area contributed by atoms with Crippen molar-refractivity contribution in [2.45, 2.75) is 77.0 Å². The Balaban J connectivity index is 1.58. The molecule has 2 aliphatic heterocycles. The van der Waals surface area contributed by atoms with Crippen LogP contribution in [-0.2, 0) is 0 Å². The van der Waals surface area contributed by atoms with Gasteiger partial charge < -0.3 is 5.32 Å². The number of nitrogens with one attached hydrogen (secondary N) is 1. The molecule has 3 unspecified atom stereocenters. The van der Waals surface area contributed by atoms with Crippen LogP contribution in [0.5, 0.6) is 0 Å². The molecule has 0 aromatic rings. The maximum atomic E-state index is 3.80. The normalized spacial score (nSPS) is 36.9. The van der Waals surface area contributed by atoms with Gasteiger partial charge in [-0.1, -0.05) is 20.8 Å². The van der Waals surface area contributed by atoms with E-state index in [0.717, 1.165) is 24.0 Å². The van der Waals surface area contributed by atoms with E-state index in [9.17, 15) is 0 Å². The zero-order valence-electron chi connectivity index (χ0n) is 13.6. The van der Waals surface area contributed by atoms with Gasteiger partial charge in [0.1, 0.15) is 0 Å². The second kappa shape index (κ2) is 6.33. The summed E-state index contributed by atoms with van der Waals surface area (Å²) in [5.41, 5.74) is 0.